The molecule has 2 N–H and O–H groups in total. The summed E-state index contributed by atoms with van der Waals surface area (Å²) in [4.78, 5) is 0. The van der Waals surface area contributed by atoms with Crippen molar-refractivity contribution >= 4 is 0 Å². The Morgan fingerprint density at radius 2 is 1.95 bits per heavy atom. The maximum absolute atomic E-state index is 8.75. The molecule has 0 aromatic heterocycles. The highest BCUT2D eigenvalue weighted by Crippen LogP contribution is 2.25. The van der Waals surface area contributed by atoms with Gasteiger partial charge < -0.3 is 19.9 Å². The highest BCUT2D eigenvalue weighted by molar-refractivity contribution is 5.40. The van der Waals surface area contributed by atoms with Gasteiger partial charge in [-0.3, -0.25) is 0 Å². The van der Waals surface area contributed by atoms with Crippen LogP contribution in [0.3, 0.4) is 0 Å². The van der Waals surface area contributed by atoms with Gasteiger partial charge in [0.1, 0.15) is 11.5 Å². The van der Waals surface area contributed by atoms with Crippen LogP contribution in [0.25, 0.3) is 0 Å². The van der Waals surface area contributed by atoms with Gasteiger partial charge in [-0.15, -0.1) is 0 Å². The van der Waals surface area contributed by atoms with Crippen molar-refractivity contribution in [3.63, 3.8) is 0 Å². The second-order valence-corrected chi connectivity index (χ2v) is 5.14. The zero-order valence-electron chi connectivity index (χ0n) is 13.4. The van der Waals surface area contributed by atoms with Gasteiger partial charge in [0.2, 0.25) is 0 Å². The summed E-state index contributed by atoms with van der Waals surface area (Å²) in [6.45, 7) is 4.97. The predicted octanol–water partition coefficient (Wildman–Crippen LogP) is 3.13. The second kappa shape index (κ2) is 11.4. The average Bonchev–Trinajstić information content (AvgIpc) is 2.52. The molecule has 1 aromatic carbocycles. The van der Waals surface area contributed by atoms with Gasteiger partial charge in [-0.2, -0.15) is 0 Å². The molecule has 0 spiro atoms. The van der Waals surface area contributed by atoms with Crippen LogP contribution in [0.2, 0.25) is 0 Å². The summed E-state index contributed by atoms with van der Waals surface area (Å²) in [6.07, 6.45) is 5.17. The summed E-state index contributed by atoms with van der Waals surface area (Å²) in [6, 6.07) is 5.98. The molecule has 0 radical (unpaired) electrons. The topological polar surface area (TPSA) is 50.7 Å². The monoisotopic (exact) mass is 295 g/mol. The van der Waals surface area contributed by atoms with Crippen LogP contribution < -0.4 is 14.8 Å². The third-order valence-electron chi connectivity index (χ3n) is 3.33. The minimum Gasteiger partial charge on any atom is -0.497 e. The van der Waals surface area contributed by atoms with Gasteiger partial charge in [0.15, 0.2) is 0 Å². The van der Waals surface area contributed by atoms with E-state index in [1.54, 1.807) is 7.11 Å². The number of nitrogens with one attached hydrogen (secondary N) is 1. The summed E-state index contributed by atoms with van der Waals surface area (Å²) < 4.78 is 11.2. The maximum atomic E-state index is 8.75. The van der Waals surface area contributed by atoms with E-state index in [1.165, 1.54) is 5.56 Å². The highest BCUT2D eigenvalue weighted by atomic mass is 16.5. The molecule has 0 fully saturated rings. The lowest BCUT2D eigenvalue weighted by molar-refractivity contribution is 0.272. The van der Waals surface area contributed by atoms with Gasteiger partial charge in [0.05, 0.1) is 13.7 Å². The summed E-state index contributed by atoms with van der Waals surface area (Å²) in [5.74, 6) is 1.73. The van der Waals surface area contributed by atoms with Gasteiger partial charge in [0, 0.05) is 24.8 Å². The first-order valence-electron chi connectivity index (χ1n) is 7.93. The van der Waals surface area contributed by atoms with Crippen molar-refractivity contribution in [2.75, 3.05) is 26.9 Å². The summed E-state index contributed by atoms with van der Waals surface area (Å²) in [7, 11) is 1.67. The van der Waals surface area contributed by atoms with Gasteiger partial charge in [-0.25, -0.2) is 0 Å². The van der Waals surface area contributed by atoms with E-state index in [0.717, 1.165) is 56.7 Å². The molecule has 120 valence electrons. The van der Waals surface area contributed by atoms with Crippen molar-refractivity contribution in [2.45, 2.75) is 45.6 Å². The zero-order chi connectivity index (χ0) is 15.3. The largest absolute Gasteiger partial charge is 0.497 e. The van der Waals surface area contributed by atoms with Crippen LogP contribution in [0.5, 0.6) is 11.5 Å². The molecule has 0 saturated carbocycles. The Labute approximate surface area is 128 Å². The van der Waals surface area contributed by atoms with Crippen molar-refractivity contribution in [3.05, 3.63) is 23.8 Å². The zero-order valence-corrected chi connectivity index (χ0v) is 13.4. The number of methoxy groups -OCH3 is 1. The van der Waals surface area contributed by atoms with Crippen LogP contribution in [0, 0.1) is 0 Å². The number of hydrogen-bond acceptors (Lipinski definition) is 4. The predicted molar refractivity (Wildman–Crippen MR) is 86.0 cm³/mol. The molecule has 0 aliphatic carbocycles. The van der Waals surface area contributed by atoms with Crippen molar-refractivity contribution in [2.24, 2.45) is 0 Å². The van der Waals surface area contributed by atoms with E-state index in [0.29, 0.717) is 6.61 Å². The number of benzene rings is 1. The van der Waals surface area contributed by atoms with Crippen LogP contribution >= 0.6 is 0 Å². The second-order valence-electron chi connectivity index (χ2n) is 5.14. The molecular weight excluding hydrogens is 266 g/mol. The molecule has 0 saturated heterocycles. The highest BCUT2D eigenvalue weighted by Gasteiger charge is 2.06. The molecule has 0 bridgehead atoms. The van der Waals surface area contributed by atoms with E-state index in [1.807, 2.05) is 12.1 Å². The minimum absolute atomic E-state index is 0.282. The molecule has 0 aliphatic rings. The molecule has 0 amide bonds. The van der Waals surface area contributed by atoms with Crippen LogP contribution in [0.1, 0.15) is 44.6 Å². The van der Waals surface area contributed by atoms with Crippen molar-refractivity contribution < 1.29 is 14.6 Å². The van der Waals surface area contributed by atoms with E-state index in [9.17, 15) is 0 Å². The SMILES string of the molecule is CCCNCc1ccc(OC)cc1OCCCCCCO. The maximum Gasteiger partial charge on any atom is 0.127 e. The van der Waals surface area contributed by atoms with Gasteiger partial charge in [0.25, 0.3) is 0 Å². The summed E-state index contributed by atoms with van der Waals surface area (Å²) in [5, 5.41) is 12.1. The fourth-order valence-electron chi connectivity index (χ4n) is 2.09. The summed E-state index contributed by atoms with van der Waals surface area (Å²) in [5.41, 5.74) is 1.17. The average molecular weight is 295 g/mol. The van der Waals surface area contributed by atoms with Gasteiger partial charge in [-0.1, -0.05) is 19.4 Å². The molecule has 1 aromatic rings. The molecule has 4 heteroatoms. The number of hydrogen-bond donors (Lipinski definition) is 2. The van der Waals surface area contributed by atoms with E-state index in [-0.39, 0.29) is 6.61 Å². The minimum atomic E-state index is 0.282. The van der Waals surface area contributed by atoms with Crippen LogP contribution in [-0.2, 0) is 6.54 Å². The Kier molecular flexibility index (Phi) is 9.66. The molecule has 21 heavy (non-hydrogen) atoms. The number of ether oxygens (including phenoxy) is 2. The lowest BCUT2D eigenvalue weighted by atomic mass is 10.2. The molecule has 0 heterocycles. The normalized spacial score (nSPS) is 10.6. The Bertz CT molecular complexity index is 382. The fraction of sp³-hybridized carbons (Fsp3) is 0.647. The number of rotatable bonds is 12. The fourth-order valence-corrected chi connectivity index (χ4v) is 2.09. The van der Waals surface area contributed by atoms with E-state index >= 15 is 0 Å². The Morgan fingerprint density at radius 3 is 2.67 bits per heavy atom. The van der Waals surface area contributed by atoms with Gasteiger partial charge in [-0.05, 0) is 38.3 Å². The third kappa shape index (κ3) is 7.34. The molecule has 0 atom stereocenters. The lowest BCUT2D eigenvalue weighted by Gasteiger charge is -2.13. The Balaban J connectivity index is 2.47. The lowest BCUT2D eigenvalue weighted by Crippen LogP contribution is -2.15. The smallest absolute Gasteiger partial charge is 0.127 e. The third-order valence-corrected chi connectivity index (χ3v) is 3.33. The number of unbranched alkanes of at least 4 members (excludes halogenated alkanes) is 3. The van der Waals surface area contributed by atoms with Crippen molar-refractivity contribution in [3.8, 4) is 11.5 Å². The molecule has 4 nitrogen and oxygen atoms in total. The molecular formula is C17H29NO3. The first kappa shape index (κ1) is 17.8. The van der Waals surface area contributed by atoms with Crippen molar-refractivity contribution in [1.29, 1.82) is 0 Å². The first-order valence-corrected chi connectivity index (χ1v) is 7.93. The van der Waals surface area contributed by atoms with Gasteiger partial charge >= 0.3 is 0 Å². The van der Waals surface area contributed by atoms with Crippen LogP contribution in [0.4, 0.5) is 0 Å². The van der Waals surface area contributed by atoms with Crippen molar-refractivity contribution in [1.82, 2.24) is 5.32 Å². The number of aliphatic hydroxyl groups is 1. The van der Waals surface area contributed by atoms with Crippen LogP contribution in [0.15, 0.2) is 18.2 Å². The molecule has 1 rings (SSSR count). The number of aliphatic hydroxyl groups excluding tert-OH is 1. The quantitative estimate of drug-likeness (QED) is 0.582. The van der Waals surface area contributed by atoms with E-state index < -0.39 is 0 Å². The first-order chi connectivity index (χ1) is 10.3. The van der Waals surface area contributed by atoms with Crippen LogP contribution in [-0.4, -0.2) is 32.0 Å². The standard InChI is InChI=1S/C17H29NO3/c1-3-10-18-14-15-8-9-16(20-2)13-17(15)21-12-7-5-4-6-11-19/h8-9,13,18-19H,3-7,10-12,14H2,1-2H3. The molecule has 0 unspecified atom stereocenters. The van der Waals surface area contributed by atoms with E-state index in [4.69, 9.17) is 14.6 Å². The molecule has 0 aliphatic heterocycles. The Hall–Kier alpha value is -1.26. The Morgan fingerprint density at radius 1 is 1.14 bits per heavy atom. The van der Waals surface area contributed by atoms with E-state index in [2.05, 4.69) is 18.3 Å². The summed E-state index contributed by atoms with van der Waals surface area (Å²) >= 11 is 0.